The van der Waals surface area contributed by atoms with E-state index in [9.17, 15) is 4.79 Å². The van der Waals surface area contributed by atoms with Gasteiger partial charge in [0, 0.05) is 23.6 Å². The van der Waals surface area contributed by atoms with Crippen LogP contribution in [0.25, 0.3) is 11.3 Å². The number of rotatable bonds is 8. The van der Waals surface area contributed by atoms with E-state index in [1.165, 1.54) is 17.3 Å². The smallest absolute Gasteiger partial charge is 0.191 e. The number of thiazole rings is 1. The van der Waals surface area contributed by atoms with Crippen LogP contribution in [0.2, 0.25) is 0 Å². The average Bonchev–Trinajstić information content (AvgIpc) is 3.40. The average molecular weight is 450 g/mol. The van der Waals surface area contributed by atoms with Crippen molar-refractivity contribution in [2.45, 2.75) is 25.5 Å². The minimum atomic E-state index is 0.0898. The minimum absolute atomic E-state index is 0.0898. The highest BCUT2D eigenvalue weighted by Gasteiger charge is 2.14. The van der Waals surface area contributed by atoms with Crippen LogP contribution in [-0.2, 0) is 13.6 Å². The van der Waals surface area contributed by atoms with Gasteiger partial charge in [-0.25, -0.2) is 4.98 Å². The van der Waals surface area contributed by atoms with E-state index in [1.54, 1.807) is 11.3 Å². The lowest BCUT2D eigenvalue weighted by Gasteiger charge is -2.06. The van der Waals surface area contributed by atoms with Gasteiger partial charge in [-0.2, -0.15) is 0 Å². The first-order valence-corrected chi connectivity index (χ1v) is 11.7. The molecule has 6 nitrogen and oxygen atoms in total. The van der Waals surface area contributed by atoms with Crippen LogP contribution in [0.1, 0.15) is 27.3 Å². The van der Waals surface area contributed by atoms with Crippen LogP contribution in [-0.4, -0.2) is 31.3 Å². The molecule has 0 bridgehead atoms. The number of hydrogen-bond donors (Lipinski definition) is 1. The zero-order valence-corrected chi connectivity index (χ0v) is 19.3. The van der Waals surface area contributed by atoms with Crippen LogP contribution in [0.3, 0.4) is 0 Å². The van der Waals surface area contributed by atoms with Crippen molar-refractivity contribution in [3.63, 3.8) is 0 Å². The predicted octanol–water partition coefficient (Wildman–Crippen LogP) is 5.14. The number of anilines is 1. The molecule has 0 aliphatic carbocycles. The van der Waals surface area contributed by atoms with E-state index >= 15 is 0 Å². The normalized spacial score (nSPS) is 10.9. The number of nitrogens with zero attached hydrogens (tertiary/aromatic N) is 4. The Morgan fingerprint density at radius 3 is 2.68 bits per heavy atom. The van der Waals surface area contributed by atoms with E-state index < -0.39 is 0 Å². The van der Waals surface area contributed by atoms with Crippen molar-refractivity contribution in [2.75, 3.05) is 11.1 Å². The predicted molar refractivity (Wildman–Crippen MR) is 127 cm³/mol. The lowest BCUT2D eigenvalue weighted by Crippen LogP contribution is -2.07. The van der Waals surface area contributed by atoms with Crippen molar-refractivity contribution in [1.29, 1.82) is 0 Å². The third-order valence-electron chi connectivity index (χ3n) is 5.06. The topological polar surface area (TPSA) is 72.7 Å². The summed E-state index contributed by atoms with van der Waals surface area (Å²) in [7, 11) is 1.91. The Morgan fingerprint density at radius 1 is 1.10 bits per heavy atom. The second-order valence-electron chi connectivity index (χ2n) is 7.23. The number of nitrogens with one attached hydrogen (secondary N) is 1. The molecule has 2 heterocycles. The molecule has 0 aliphatic heterocycles. The quantitative estimate of drug-likeness (QED) is 0.296. The zero-order chi connectivity index (χ0) is 21.8. The number of Topliss-reactive ketones (excluding diaryl/α,β-unsaturated/α-hetero) is 1. The van der Waals surface area contributed by atoms with E-state index in [-0.39, 0.29) is 5.78 Å². The SMILES string of the molecule is Cc1ccc(C(=O)CSc2nnc(CNc3nc(-c4ccccc4)cs3)n2C)cc1C. The van der Waals surface area contributed by atoms with Gasteiger partial charge in [0.1, 0.15) is 0 Å². The Hall–Kier alpha value is -2.97. The van der Waals surface area contributed by atoms with Gasteiger partial charge in [0.15, 0.2) is 21.9 Å². The Kier molecular flexibility index (Phi) is 6.48. The summed E-state index contributed by atoms with van der Waals surface area (Å²) in [6.07, 6.45) is 0. The Balaban J connectivity index is 1.34. The minimum Gasteiger partial charge on any atom is -0.354 e. The number of carbonyl (C=O) groups is 1. The zero-order valence-electron chi connectivity index (χ0n) is 17.6. The molecule has 4 rings (SSSR count). The highest BCUT2D eigenvalue weighted by Crippen LogP contribution is 2.25. The summed E-state index contributed by atoms with van der Waals surface area (Å²) in [4.78, 5) is 17.2. The number of benzene rings is 2. The van der Waals surface area contributed by atoms with Crippen molar-refractivity contribution in [2.24, 2.45) is 7.05 Å². The maximum absolute atomic E-state index is 12.5. The lowest BCUT2D eigenvalue weighted by molar-refractivity contribution is 0.102. The van der Waals surface area contributed by atoms with Gasteiger partial charge in [-0.05, 0) is 31.0 Å². The number of ketones is 1. The number of thioether (sulfide) groups is 1. The van der Waals surface area contributed by atoms with Gasteiger partial charge < -0.3 is 9.88 Å². The van der Waals surface area contributed by atoms with E-state index in [0.29, 0.717) is 12.3 Å². The fourth-order valence-electron chi connectivity index (χ4n) is 3.00. The molecule has 2 aromatic heterocycles. The molecule has 2 aromatic carbocycles. The van der Waals surface area contributed by atoms with E-state index in [4.69, 9.17) is 0 Å². The van der Waals surface area contributed by atoms with Gasteiger partial charge in [0.05, 0.1) is 18.0 Å². The monoisotopic (exact) mass is 449 g/mol. The molecule has 0 aliphatic rings. The molecular formula is C23H23N5OS2. The fourth-order valence-corrected chi connectivity index (χ4v) is 4.55. The molecule has 31 heavy (non-hydrogen) atoms. The largest absolute Gasteiger partial charge is 0.354 e. The van der Waals surface area contributed by atoms with Crippen LogP contribution in [0.4, 0.5) is 5.13 Å². The fraction of sp³-hybridized carbons (Fsp3) is 0.217. The van der Waals surface area contributed by atoms with Crippen LogP contribution in [0, 0.1) is 13.8 Å². The van der Waals surface area contributed by atoms with E-state index in [0.717, 1.165) is 38.5 Å². The summed E-state index contributed by atoms with van der Waals surface area (Å²) >= 11 is 2.96. The molecule has 8 heteroatoms. The summed E-state index contributed by atoms with van der Waals surface area (Å²) in [5, 5.41) is 15.4. The van der Waals surface area contributed by atoms with Crippen molar-refractivity contribution >= 4 is 34.0 Å². The van der Waals surface area contributed by atoms with E-state index in [1.807, 2.05) is 79.4 Å². The molecule has 0 unspecified atom stereocenters. The summed E-state index contributed by atoms with van der Waals surface area (Å²) in [5.41, 5.74) is 5.09. The first-order valence-electron chi connectivity index (χ1n) is 9.87. The van der Waals surface area contributed by atoms with Gasteiger partial charge in [0.25, 0.3) is 0 Å². The van der Waals surface area contributed by atoms with Gasteiger partial charge >= 0.3 is 0 Å². The van der Waals surface area contributed by atoms with Crippen LogP contribution >= 0.6 is 23.1 Å². The van der Waals surface area contributed by atoms with E-state index in [2.05, 4.69) is 20.5 Å². The number of carbonyl (C=O) groups excluding carboxylic acids is 1. The third kappa shape index (κ3) is 5.03. The van der Waals surface area contributed by atoms with Crippen LogP contribution in [0.5, 0.6) is 0 Å². The second kappa shape index (κ2) is 9.45. The molecule has 0 saturated heterocycles. The van der Waals surface area contributed by atoms with Crippen LogP contribution in [0.15, 0.2) is 59.1 Å². The molecule has 0 saturated carbocycles. The van der Waals surface area contributed by atoms with Crippen LogP contribution < -0.4 is 5.32 Å². The Bertz CT molecular complexity index is 1200. The first kappa shape index (κ1) is 21.3. The molecule has 158 valence electrons. The van der Waals surface area contributed by atoms with Gasteiger partial charge in [-0.15, -0.1) is 21.5 Å². The standard InChI is InChI=1S/C23H23N5OS2/c1-15-9-10-18(11-16(15)2)20(29)14-31-23-27-26-21(28(23)3)12-24-22-25-19(13-30-22)17-7-5-4-6-8-17/h4-11,13H,12,14H2,1-3H3,(H,24,25). The summed E-state index contributed by atoms with van der Waals surface area (Å²) in [6.45, 7) is 4.57. The summed E-state index contributed by atoms with van der Waals surface area (Å²) in [5.74, 6) is 1.21. The number of aryl methyl sites for hydroxylation is 2. The highest BCUT2D eigenvalue weighted by atomic mass is 32.2. The maximum atomic E-state index is 12.5. The molecule has 1 N–H and O–H groups in total. The van der Waals surface area contributed by atoms with Gasteiger partial charge in [-0.1, -0.05) is 54.2 Å². The molecule has 0 amide bonds. The molecular weight excluding hydrogens is 426 g/mol. The Morgan fingerprint density at radius 2 is 1.90 bits per heavy atom. The van der Waals surface area contributed by atoms with Crippen molar-refractivity contribution in [3.05, 3.63) is 76.4 Å². The second-order valence-corrected chi connectivity index (χ2v) is 9.03. The third-order valence-corrected chi connectivity index (χ3v) is 6.88. The first-order chi connectivity index (χ1) is 15.0. The lowest BCUT2D eigenvalue weighted by atomic mass is 10.0. The van der Waals surface area contributed by atoms with Crippen molar-refractivity contribution in [1.82, 2.24) is 19.7 Å². The van der Waals surface area contributed by atoms with Crippen molar-refractivity contribution < 1.29 is 4.79 Å². The maximum Gasteiger partial charge on any atom is 0.191 e. The molecule has 4 aromatic rings. The molecule has 0 fully saturated rings. The molecule has 0 atom stereocenters. The van der Waals surface area contributed by atoms with Gasteiger partial charge in [-0.3, -0.25) is 4.79 Å². The van der Waals surface area contributed by atoms with Crippen molar-refractivity contribution in [3.8, 4) is 11.3 Å². The number of aromatic nitrogens is 4. The summed E-state index contributed by atoms with van der Waals surface area (Å²) < 4.78 is 1.91. The summed E-state index contributed by atoms with van der Waals surface area (Å²) in [6, 6.07) is 15.9. The molecule has 0 radical (unpaired) electrons. The Labute approximate surface area is 189 Å². The van der Waals surface area contributed by atoms with Gasteiger partial charge in [0.2, 0.25) is 0 Å². The number of hydrogen-bond acceptors (Lipinski definition) is 7. The molecule has 0 spiro atoms. The highest BCUT2D eigenvalue weighted by molar-refractivity contribution is 7.99.